The molecule has 0 aromatic carbocycles. The zero-order chi connectivity index (χ0) is 14.9. The van der Waals surface area contributed by atoms with Crippen LogP contribution >= 0.6 is 0 Å². The first-order chi connectivity index (χ1) is 9.29. The molecular weight excluding hydrogens is 254 g/mol. The van der Waals surface area contributed by atoms with Gasteiger partial charge in [-0.05, 0) is 13.8 Å². The van der Waals surface area contributed by atoms with E-state index in [1.165, 1.54) is 0 Å². The van der Waals surface area contributed by atoms with Gasteiger partial charge in [0.05, 0.1) is 12.2 Å². The van der Waals surface area contributed by atoms with Gasteiger partial charge in [0, 0.05) is 24.6 Å². The molecule has 1 saturated heterocycles. The lowest BCUT2D eigenvalue weighted by Gasteiger charge is -2.36. The predicted molar refractivity (Wildman–Crippen MR) is 80.8 cm³/mol. The van der Waals surface area contributed by atoms with Crippen molar-refractivity contribution in [2.24, 2.45) is 5.84 Å². The number of rotatable bonds is 2. The van der Waals surface area contributed by atoms with E-state index in [2.05, 4.69) is 49.9 Å². The summed E-state index contributed by atoms with van der Waals surface area (Å²) in [6, 6.07) is 1.89. The van der Waals surface area contributed by atoms with E-state index in [1.807, 2.05) is 6.07 Å². The Balaban J connectivity index is 2.35. The average Bonchev–Trinajstić information content (AvgIpc) is 2.36. The first-order valence-electron chi connectivity index (χ1n) is 7.06. The van der Waals surface area contributed by atoms with Crippen molar-refractivity contribution in [3.8, 4) is 0 Å². The summed E-state index contributed by atoms with van der Waals surface area (Å²) in [5.41, 5.74) is 2.51. The monoisotopic (exact) mass is 279 g/mol. The largest absolute Gasteiger partial charge is 0.372 e. The minimum Gasteiger partial charge on any atom is -0.372 e. The molecule has 112 valence electrons. The lowest BCUT2D eigenvalue weighted by atomic mass is 9.96. The molecule has 1 fully saturated rings. The third-order valence-electron chi connectivity index (χ3n) is 3.27. The smallest absolute Gasteiger partial charge is 0.145 e. The number of anilines is 2. The van der Waals surface area contributed by atoms with Gasteiger partial charge in [-0.2, -0.15) is 0 Å². The van der Waals surface area contributed by atoms with Crippen LogP contribution in [-0.4, -0.2) is 35.3 Å². The molecule has 20 heavy (non-hydrogen) atoms. The van der Waals surface area contributed by atoms with Gasteiger partial charge in [-0.25, -0.2) is 15.8 Å². The van der Waals surface area contributed by atoms with Crippen LogP contribution in [0.25, 0.3) is 0 Å². The molecule has 0 amide bonds. The van der Waals surface area contributed by atoms with Gasteiger partial charge in [0.15, 0.2) is 0 Å². The van der Waals surface area contributed by atoms with Crippen molar-refractivity contribution in [2.75, 3.05) is 23.4 Å². The first kappa shape index (κ1) is 15.0. The van der Waals surface area contributed by atoms with E-state index >= 15 is 0 Å². The van der Waals surface area contributed by atoms with E-state index in [0.29, 0.717) is 5.82 Å². The molecule has 1 aliphatic heterocycles. The van der Waals surface area contributed by atoms with Crippen molar-refractivity contribution < 1.29 is 4.74 Å². The standard InChI is InChI=1S/C14H25N5O/c1-9-7-19(8-10(2)20-9)12-6-11(18-15)16-13(17-12)14(3,4)5/h6,9-10H,7-8,15H2,1-5H3,(H,16,17,18)/t9-,10+. The van der Waals surface area contributed by atoms with E-state index < -0.39 is 0 Å². The van der Waals surface area contributed by atoms with Gasteiger partial charge >= 0.3 is 0 Å². The second kappa shape index (κ2) is 5.54. The molecule has 2 rings (SSSR count). The Kier molecular flexibility index (Phi) is 4.15. The molecule has 0 saturated carbocycles. The highest BCUT2D eigenvalue weighted by atomic mass is 16.5. The predicted octanol–water partition coefficient (Wildman–Crippen LogP) is 1.67. The van der Waals surface area contributed by atoms with E-state index in [-0.39, 0.29) is 17.6 Å². The quantitative estimate of drug-likeness (QED) is 0.633. The highest BCUT2D eigenvalue weighted by Crippen LogP contribution is 2.25. The highest BCUT2D eigenvalue weighted by molar-refractivity contribution is 5.50. The molecule has 1 aliphatic rings. The number of nitrogens with zero attached hydrogens (tertiary/aromatic N) is 3. The second-order valence-electron chi connectivity index (χ2n) is 6.49. The summed E-state index contributed by atoms with van der Waals surface area (Å²) in [4.78, 5) is 11.4. The number of aromatic nitrogens is 2. The van der Waals surface area contributed by atoms with Crippen LogP contribution in [0, 0.1) is 0 Å². The van der Waals surface area contributed by atoms with Gasteiger partial charge < -0.3 is 15.1 Å². The SMILES string of the molecule is C[C@@H]1CN(c2cc(NN)nc(C(C)(C)C)n2)C[C@H](C)O1. The number of nitrogen functional groups attached to an aromatic ring is 1. The lowest BCUT2D eigenvalue weighted by Crippen LogP contribution is -2.46. The van der Waals surface area contributed by atoms with E-state index in [9.17, 15) is 0 Å². The van der Waals surface area contributed by atoms with Gasteiger partial charge in [-0.15, -0.1) is 0 Å². The number of hydrogen-bond acceptors (Lipinski definition) is 6. The first-order valence-corrected chi connectivity index (χ1v) is 7.06. The van der Waals surface area contributed by atoms with Crippen molar-refractivity contribution >= 4 is 11.6 Å². The molecule has 6 nitrogen and oxygen atoms in total. The minimum absolute atomic E-state index is 0.120. The summed E-state index contributed by atoms with van der Waals surface area (Å²) in [5, 5.41) is 0. The Morgan fingerprint density at radius 1 is 1.25 bits per heavy atom. The maximum Gasteiger partial charge on any atom is 0.145 e. The van der Waals surface area contributed by atoms with Gasteiger partial charge in [0.1, 0.15) is 17.5 Å². The van der Waals surface area contributed by atoms with Crippen LogP contribution in [0.3, 0.4) is 0 Å². The van der Waals surface area contributed by atoms with Gasteiger partial charge in [-0.1, -0.05) is 20.8 Å². The summed E-state index contributed by atoms with van der Waals surface area (Å²) >= 11 is 0. The number of ether oxygens (including phenoxy) is 1. The summed E-state index contributed by atoms with van der Waals surface area (Å²) < 4.78 is 5.77. The zero-order valence-corrected chi connectivity index (χ0v) is 13.0. The van der Waals surface area contributed by atoms with Crippen molar-refractivity contribution in [3.63, 3.8) is 0 Å². The number of hydrazine groups is 1. The van der Waals surface area contributed by atoms with Crippen LogP contribution < -0.4 is 16.2 Å². The Hall–Kier alpha value is -1.40. The van der Waals surface area contributed by atoms with Crippen molar-refractivity contribution in [2.45, 2.75) is 52.2 Å². The Bertz CT molecular complexity index is 461. The van der Waals surface area contributed by atoms with Crippen molar-refractivity contribution in [1.29, 1.82) is 0 Å². The van der Waals surface area contributed by atoms with Gasteiger partial charge in [-0.3, -0.25) is 0 Å². The third kappa shape index (κ3) is 3.37. The maximum absolute atomic E-state index is 5.77. The molecule has 2 atom stereocenters. The van der Waals surface area contributed by atoms with Crippen LogP contribution in [0.2, 0.25) is 0 Å². The molecule has 1 aromatic rings. The molecular formula is C14H25N5O. The molecule has 0 aliphatic carbocycles. The summed E-state index contributed by atoms with van der Waals surface area (Å²) in [6.07, 6.45) is 0.391. The topological polar surface area (TPSA) is 76.3 Å². The van der Waals surface area contributed by atoms with E-state index in [1.54, 1.807) is 0 Å². The minimum atomic E-state index is -0.120. The van der Waals surface area contributed by atoms with Crippen LogP contribution in [0.15, 0.2) is 6.07 Å². The molecule has 0 spiro atoms. The zero-order valence-electron chi connectivity index (χ0n) is 13.0. The van der Waals surface area contributed by atoms with Crippen molar-refractivity contribution in [3.05, 3.63) is 11.9 Å². The molecule has 0 unspecified atom stereocenters. The number of hydrogen-bond donors (Lipinski definition) is 2. The normalized spacial score (nSPS) is 23.8. The molecule has 0 radical (unpaired) electrons. The molecule has 1 aromatic heterocycles. The van der Waals surface area contributed by atoms with E-state index in [4.69, 9.17) is 15.6 Å². The van der Waals surface area contributed by atoms with Crippen LogP contribution in [0.5, 0.6) is 0 Å². The molecule has 6 heteroatoms. The maximum atomic E-state index is 5.77. The van der Waals surface area contributed by atoms with Gasteiger partial charge in [0.2, 0.25) is 0 Å². The van der Waals surface area contributed by atoms with Crippen LogP contribution in [0.4, 0.5) is 11.6 Å². The highest BCUT2D eigenvalue weighted by Gasteiger charge is 2.26. The number of nitrogens with two attached hydrogens (primary N) is 1. The molecule has 2 heterocycles. The van der Waals surface area contributed by atoms with E-state index in [0.717, 1.165) is 24.7 Å². The summed E-state index contributed by atoms with van der Waals surface area (Å²) in [6.45, 7) is 12.1. The Morgan fingerprint density at radius 3 is 2.35 bits per heavy atom. The van der Waals surface area contributed by atoms with Gasteiger partial charge in [0.25, 0.3) is 0 Å². The lowest BCUT2D eigenvalue weighted by molar-refractivity contribution is -0.00548. The molecule has 0 bridgehead atoms. The molecule has 3 N–H and O–H groups in total. The Labute approximate surface area is 120 Å². The van der Waals surface area contributed by atoms with Crippen LogP contribution in [-0.2, 0) is 10.2 Å². The Morgan fingerprint density at radius 2 is 1.85 bits per heavy atom. The number of nitrogens with one attached hydrogen (secondary N) is 1. The fourth-order valence-corrected chi connectivity index (χ4v) is 2.37. The fourth-order valence-electron chi connectivity index (χ4n) is 2.37. The average molecular weight is 279 g/mol. The summed E-state index contributed by atoms with van der Waals surface area (Å²) in [5.74, 6) is 7.87. The third-order valence-corrected chi connectivity index (χ3v) is 3.27. The fraction of sp³-hybridized carbons (Fsp3) is 0.714. The summed E-state index contributed by atoms with van der Waals surface area (Å²) in [7, 11) is 0. The van der Waals surface area contributed by atoms with Crippen LogP contribution in [0.1, 0.15) is 40.4 Å². The second-order valence-corrected chi connectivity index (χ2v) is 6.49. The number of morpholine rings is 1. The van der Waals surface area contributed by atoms with Crippen molar-refractivity contribution in [1.82, 2.24) is 9.97 Å².